The van der Waals surface area contributed by atoms with Crippen LogP contribution < -0.4 is 11.1 Å². The van der Waals surface area contributed by atoms with Crippen molar-refractivity contribution in [2.24, 2.45) is 10.7 Å². The second-order valence-electron chi connectivity index (χ2n) is 5.50. The summed E-state index contributed by atoms with van der Waals surface area (Å²) < 4.78 is 0. The third-order valence-electron chi connectivity index (χ3n) is 4.05. The number of nitrogens with one attached hydrogen (secondary N) is 2. The Hall–Kier alpha value is -1.97. The minimum absolute atomic E-state index is 0.534. The normalized spacial score (nSPS) is 16.9. The second-order valence-corrected chi connectivity index (χ2v) is 5.50. The molecule has 0 aliphatic heterocycles. The molecule has 3 rings (SSSR count). The van der Waals surface area contributed by atoms with Crippen LogP contribution in [0.4, 0.5) is 0 Å². The van der Waals surface area contributed by atoms with E-state index in [1.54, 1.807) is 0 Å². The Labute approximate surface area is 119 Å². The van der Waals surface area contributed by atoms with E-state index in [0.717, 1.165) is 13.0 Å². The molecule has 0 bridgehead atoms. The summed E-state index contributed by atoms with van der Waals surface area (Å²) in [4.78, 5) is 7.73. The maximum Gasteiger partial charge on any atom is 0.188 e. The van der Waals surface area contributed by atoms with Gasteiger partial charge >= 0.3 is 0 Å². The molecule has 4 heteroatoms. The highest BCUT2D eigenvalue weighted by Gasteiger charge is 2.14. The first-order valence-electron chi connectivity index (χ1n) is 7.44. The highest BCUT2D eigenvalue weighted by Crippen LogP contribution is 2.18. The summed E-state index contributed by atoms with van der Waals surface area (Å²) in [5.74, 6) is 0.594. The van der Waals surface area contributed by atoms with Crippen molar-refractivity contribution in [3.05, 3.63) is 36.0 Å². The van der Waals surface area contributed by atoms with Crippen LogP contribution in [0.25, 0.3) is 10.9 Å². The average Bonchev–Trinajstić information content (AvgIpc) is 3.09. The first-order chi connectivity index (χ1) is 9.83. The van der Waals surface area contributed by atoms with Crippen LogP contribution in [0.15, 0.2) is 35.5 Å². The van der Waals surface area contributed by atoms with E-state index in [9.17, 15) is 0 Å². The zero-order chi connectivity index (χ0) is 13.8. The van der Waals surface area contributed by atoms with Crippen LogP contribution >= 0.6 is 0 Å². The fourth-order valence-electron chi connectivity index (χ4n) is 2.96. The third kappa shape index (κ3) is 2.95. The van der Waals surface area contributed by atoms with E-state index in [1.165, 1.54) is 42.1 Å². The number of aliphatic imine (C=N–C) groups is 1. The molecule has 1 saturated carbocycles. The van der Waals surface area contributed by atoms with Gasteiger partial charge in [0.05, 0.1) is 0 Å². The van der Waals surface area contributed by atoms with Crippen molar-refractivity contribution >= 4 is 16.9 Å². The van der Waals surface area contributed by atoms with Gasteiger partial charge in [-0.05, 0) is 30.9 Å². The molecule has 0 radical (unpaired) electrons. The van der Waals surface area contributed by atoms with E-state index in [1.807, 2.05) is 6.07 Å². The quantitative estimate of drug-likeness (QED) is 0.590. The standard InChI is InChI=1S/C16H22N4/c17-16(20-13-5-1-2-6-13)18-10-9-12-11-19-15-8-4-3-7-14(12)15/h3-4,7-8,11,13,19H,1-2,5-6,9-10H2,(H3,17,18,20). The monoisotopic (exact) mass is 270 g/mol. The molecule has 2 aromatic rings. The van der Waals surface area contributed by atoms with Gasteiger partial charge in [-0.2, -0.15) is 0 Å². The van der Waals surface area contributed by atoms with Crippen molar-refractivity contribution in [3.63, 3.8) is 0 Å². The molecule has 1 heterocycles. The first kappa shape index (κ1) is 13.0. The lowest BCUT2D eigenvalue weighted by Gasteiger charge is -2.12. The molecule has 1 aromatic carbocycles. The van der Waals surface area contributed by atoms with Gasteiger partial charge in [0.25, 0.3) is 0 Å². The van der Waals surface area contributed by atoms with E-state index >= 15 is 0 Å². The third-order valence-corrected chi connectivity index (χ3v) is 4.05. The highest BCUT2D eigenvalue weighted by molar-refractivity contribution is 5.83. The molecule has 0 unspecified atom stereocenters. The second kappa shape index (κ2) is 5.99. The minimum atomic E-state index is 0.534. The fraction of sp³-hybridized carbons (Fsp3) is 0.438. The Kier molecular flexibility index (Phi) is 3.90. The van der Waals surface area contributed by atoms with Crippen molar-refractivity contribution in [1.29, 1.82) is 0 Å². The summed E-state index contributed by atoms with van der Waals surface area (Å²) in [5, 5.41) is 4.60. The van der Waals surface area contributed by atoms with E-state index in [-0.39, 0.29) is 0 Å². The number of nitrogens with two attached hydrogens (primary N) is 1. The van der Waals surface area contributed by atoms with Gasteiger partial charge in [0.1, 0.15) is 0 Å². The summed E-state index contributed by atoms with van der Waals surface area (Å²) in [6, 6.07) is 8.89. The Balaban J connectivity index is 1.56. The van der Waals surface area contributed by atoms with Crippen LogP contribution in [0, 0.1) is 0 Å². The molecule has 4 nitrogen and oxygen atoms in total. The molecule has 106 valence electrons. The summed E-state index contributed by atoms with van der Waals surface area (Å²) in [6.07, 6.45) is 8.04. The lowest BCUT2D eigenvalue weighted by atomic mass is 10.1. The number of rotatable bonds is 4. The van der Waals surface area contributed by atoms with Crippen LogP contribution in [0.2, 0.25) is 0 Å². The average molecular weight is 270 g/mol. The lowest BCUT2D eigenvalue weighted by Crippen LogP contribution is -2.38. The molecule has 0 saturated heterocycles. The number of H-pyrrole nitrogens is 1. The maximum atomic E-state index is 5.94. The van der Waals surface area contributed by atoms with Gasteiger partial charge in [-0.3, -0.25) is 4.99 Å². The van der Waals surface area contributed by atoms with Gasteiger partial charge in [-0.1, -0.05) is 31.0 Å². The predicted molar refractivity (Wildman–Crippen MR) is 83.9 cm³/mol. The van der Waals surface area contributed by atoms with Crippen molar-refractivity contribution in [2.75, 3.05) is 6.54 Å². The molecule has 1 aliphatic rings. The van der Waals surface area contributed by atoms with Crippen molar-refractivity contribution in [2.45, 2.75) is 38.1 Å². The van der Waals surface area contributed by atoms with Crippen LogP contribution in [0.3, 0.4) is 0 Å². The number of hydrogen-bond acceptors (Lipinski definition) is 1. The molecule has 20 heavy (non-hydrogen) atoms. The molecule has 1 aliphatic carbocycles. The number of aromatic amines is 1. The zero-order valence-corrected chi connectivity index (χ0v) is 11.7. The summed E-state index contributed by atoms with van der Waals surface area (Å²) in [5.41, 5.74) is 8.42. The number of aromatic nitrogens is 1. The van der Waals surface area contributed by atoms with E-state index < -0.39 is 0 Å². The molecule has 1 fully saturated rings. The van der Waals surface area contributed by atoms with Gasteiger partial charge < -0.3 is 16.0 Å². The van der Waals surface area contributed by atoms with E-state index in [4.69, 9.17) is 5.73 Å². The molecule has 0 amide bonds. The van der Waals surface area contributed by atoms with Crippen LogP contribution in [-0.2, 0) is 6.42 Å². The number of para-hydroxylation sites is 1. The Morgan fingerprint density at radius 2 is 2.10 bits per heavy atom. The summed E-state index contributed by atoms with van der Waals surface area (Å²) in [7, 11) is 0. The number of guanidine groups is 1. The fourth-order valence-corrected chi connectivity index (χ4v) is 2.96. The number of fused-ring (bicyclic) bond motifs is 1. The SMILES string of the molecule is NC(=NCCc1c[nH]c2ccccc12)NC1CCCC1. The molecular weight excluding hydrogens is 248 g/mol. The molecule has 0 atom stereocenters. The Morgan fingerprint density at radius 1 is 1.30 bits per heavy atom. The number of hydrogen-bond donors (Lipinski definition) is 3. The summed E-state index contributed by atoms with van der Waals surface area (Å²) in [6.45, 7) is 0.730. The minimum Gasteiger partial charge on any atom is -0.370 e. The van der Waals surface area contributed by atoms with E-state index in [2.05, 4.69) is 39.7 Å². The molecule has 4 N–H and O–H groups in total. The largest absolute Gasteiger partial charge is 0.370 e. The first-order valence-corrected chi connectivity index (χ1v) is 7.44. The molecule has 1 aromatic heterocycles. The van der Waals surface area contributed by atoms with Gasteiger partial charge in [0, 0.05) is 29.7 Å². The smallest absolute Gasteiger partial charge is 0.188 e. The van der Waals surface area contributed by atoms with Crippen molar-refractivity contribution in [1.82, 2.24) is 10.3 Å². The van der Waals surface area contributed by atoms with Crippen molar-refractivity contribution in [3.8, 4) is 0 Å². The van der Waals surface area contributed by atoms with Crippen molar-refractivity contribution < 1.29 is 0 Å². The maximum absolute atomic E-state index is 5.94. The Morgan fingerprint density at radius 3 is 2.95 bits per heavy atom. The number of nitrogens with zero attached hydrogens (tertiary/aromatic N) is 1. The van der Waals surface area contributed by atoms with E-state index in [0.29, 0.717) is 12.0 Å². The molecule has 0 spiro atoms. The van der Waals surface area contributed by atoms with Crippen LogP contribution in [0.5, 0.6) is 0 Å². The number of benzene rings is 1. The predicted octanol–water partition coefficient (Wildman–Crippen LogP) is 2.56. The Bertz CT molecular complexity index is 593. The van der Waals surface area contributed by atoms with Gasteiger partial charge in [0.2, 0.25) is 0 Å². The molecular formula is C16H22N4. The summed E-state index contributed by atoms with van der Waals surface area (Å²) >= 11 is 0. The highest BCUT2D eigenvalue weighted by atomic mass is 15.1. The topological polar surface area (TPSA) is 66.2 Å². The van der Waals surface area contributed by atoms with Gasteiger partial charge in [-0.15, -0.1) is 0 Å². The van der Waals surface area contributed by atoms with Crippen LogP contribution in [0.1, 0.15) is 31.2 Å². The van der Waals surface area contributed by atoms with Gasteiger partial charge in [-0.25, -0.2) is 0 Å². The lowest BCUT2D eigenvalue weighted by molar-refractivity contribution is 0.625. The van der Waals surface area contributed by atoms with Crippen LogP contribution in [-0.4, -0.2) is 23.5 Å². The zero-order valence-electron chi connectivity index (χ0n) is 11.7. The van der Waals surface area contributed by atoms with Gasteiger partial charge in [0.15, 0.2) is 5.96 Å².